The molecule has 0 atom stereocenters. The van der Waals surface area contributed by atoms with E-state index in [1.165, 1.54) is 0 Å². The molecule has 19 heavy (non-hydrogen) atoms. The lowest BCUT2D eigenvalue weighted by atomic mass is 9.90. The van der Waals surface area contributed by atoms with E-state index in [0.717, 1.165) is 38.2 Å². The highest BCUT2D eigenvalue weighted by Crippen LogP contribution is 2.24. The Hall–Kier alpha value is -1.35. The summed E-state index contributed by atoms with van der Waals surface area (Å²) in [5, 5.41) is 0.651. The minimum Gasteiger partial charge on any atom is -0.357 e. The second-order valence-corrected chi connectivity index (χ2v) is 5.33. The number of hydrogen-bond donors (Lipinski definition) is 0. The number of halogens is 1. The summed E-state index contributed by atoms with van der Waals surface area (Å²) in [7, 11) is 0. The number of Topliss-reactive ketones (excluding diaryl/α,β-unsaturated/α-hetero) is 1. The summed E-state index contributed by atoms with van der Waals surface area (Å²) in [6, 6.07) is 3.79. The molecule has 102 valence electrons. The van der Waals surface area contributed by atoms with Crippen LogP contribution >= 0.6 is 11.6 Å². The van der Waals surface area contributed by atoms with Crippen molar-refractivity contribution in [2.24, 2.45) is 5.92 Å². The van der Waals surface area contributed by atoms with Crippen LogP contribution in [0.1, 0.15) is 25.7 Å². The van der Waals surface area contributed by atoms with Gasteiger partial charge >= 0.3 is 0 Å². The van der Waals surface area contributed by atoms with Crippen molar-refractivity contribution in [1.29, 1.82) is 0 Å². The first-order valence-corrected chi connectivity index (χ1v) is 7.08. The average molecular weight is 279 g/mol. The lowest BCUT2D eigenvalue weighted by Gasteiger charge is -2.32. The zero-order valence-corrected chi connectivity index (χ0v) is 11.8. The predicted molar refractivity (Wildman–Crippen MR) is 78.6 cm³/mol. The van der Waals surface area contributed by atoms with Crippen molar-refractivity contribution in [3.63, 3.8) is 0 Å². The van der Waals surface area contributed by atoms with Gasteiger partial charge in [0, 0.05) is 31.6 Å². The van der Waals surface area contributed by atoms with Crippen molar-refractivity contribution >= 4 is 23.2 Å². The number of hydrogen-bond acceptors (Lipinski definition) is 3. The van der Waals surface area contributed by atoms with Gasteiger partial charge in [-0.25, -0.2) is 4.98 Å². The van der Waals surface area contributed by atoms with Gasteiger partial charge < -0.3 is 4.90 Å². The fourth-order valence-electron chi connectivity index (χ4n) is 2.43. The molecule has 0 aliphatic carbocycles. The molecule has 0 spiro atoms. The lowest BCUT2D eigenvalue weighted by Crippen LogP contribution is -2.36. The molecule has 0 unspecified atom stereocenters. The normalized spacial score (nSPS) is 16.4. The minimum absolute atomic E-state index is 0.212. The first kappa shape index (κ1) is 14.1. The van der Waals surface area contributed by atoms with E-state index in [-0.39, 0.29) is 5.92 Å². The third-order valence-electron chi connectivity index (χ3n) is 3.58. The van der Waals surface area contributed by atoms with E-state index in [1.807, 2.05) is 18.2 Å². The van der Waals surface area contributed by atoms with Gasteiger partial charge in [-0.1, -0.05) is 17.7 Å². The SMILES string of the molecule is C=CCCC(=O)C1CCN(c2ccc(Cl)cn2)CC1. The van der Waals surface area contributed by atoms with Crippen LogP contribution in [0, 0.1) is 5.92 Å². The monoisotopic (exact) mass is 278 g/mol. The number of aromatic nitrogens is 1. The second kappa shape index (κ2) is 6.71. The molecule has 3 nitrogen and oxygen atoms in total. The van der Waals surface area contributed by atoms with E-state index in [1.54, 1.807) is 6.20 Å². The number of nitrogens with zero attached hydrogens (tertiary/aromatic N) is 2. The number of piperidine rings is 1. The van der Waals surface area contributed by atoms with Crippen LogP contribution in [0.4, 0.5) is 5.82 Å². The Morgan fingerprint density at radius 1 is 1.47 bits per heavy atom. The highest BCUT2D eigenvalue weighted by Gasteiger charge is 2.24. The Kier molecular flexibility index (Phi) is 4.97. The molecule has 1 fully saturated rings. The van der Waals surface area contributed by atoms with Crippen LogP contribution in [0.2, 0.25) is 5.02 Å². The molecule has 2 heterocycles. The summed E-state index contributed by atoms with van der Waals surface area (Å²) >= 11 is 5.83. The van der Waals surface area contributed by atoms with Crippen LogP contribution in [-0.4, -0.2) is 23.9 Å². The van der Waals surface area contributed by atoms with Gasteiger partial charge in [0.1, 0.15) is 11.6 Å². The molecule has 4 heteroatoms. The largest absolute Gasteiger partial charge is 0.357 e. The molecule has 1 saturated heterocycles. The zero-order valence-electron chi connectivity index (χ0n) is 11.0. The molecule has 1 aliphatic heterocycles. The Bertz CT molecular complexity index is 436. The van der Waals surface area contributed by atoms with Gasteiger partial charge in [-0.05, 0) is 31.4 Å². The summed E-state index contributed by atoms with van der Waals surface area (Å²) < 4.78 is 0. The van der Waals surface area contributed by atoms with Gasteiger partial charge in [-0.2, -0.15) is 0 Å². The zero-order chi connectivity index (χ0) is 13.7. The Labute approximate surface area is 119 Å². The van der Waals surface area contributed by atoms with Gasteiger partial charge in [0.15, 0.2) is 0 Å². The quantitative estimate of drug-likeness (QED) is 0.773. The van der Waals surface area contributed by atoms with Gasteiger partial charge in [0.2, 0.25) is 0 Å². The molecule has 0 aromatic carbocycles. The predicted octanol–water partition coefficient (Wildman–Crippen LogP) is 3.49. The number of carbonyl (C=O) groups excluding carboxylic acids is 1. The summed E-state index contributed by atoms with van der Waals surface area (Å²) in [6.07, 6.45) is 6.73. The van der Waals surface area contributed by atoms with E-state index in [9.17, 15) is 4.79 Å². The standard InChI is InChI=1S/C15H19ClN2O/c1-2-3-4-14(19)12-7-9-18(10-8-12)15-6-5-13(16)11-17-15/h2,5-6,11-12H,1,3-4,7-10H2. The van der Waals surface area contributed by atoms with Crippen molar-refractivity contribution < 1.29 is 4.79 Å². The number of carbonyl (C=O) groups is 1. The molecule has 1 aromatic heterocycles. The first-order chi connectivity index (χ1) is 9.20. The van der Waals surface area contributed by atoms with Crippen LogP contribution in [0.3, 0.4) is 0 Å². The van der Waals surface area contributed by atoms with Gasteiger partial charge in [0.25, 0.3) is 0 Å². The lowest BCUT2D eigenvalue weighted by molar-refractivity contribution is -0.123. The number of ketones is 1. The maximum atomic E-state index is 11.9. The minimum atomic E-state index is 0.212. The van der Waals surface area contributed by atoms with Crippen LogP contribution in [0.15, 0.2) is 31.0 Å². The summed E-state index contributed by atoms with van der Waals surface area (Å²) in [5.74, 6) is 1.54. The van der Waals surface area contributed by atoms with Gasteiger partial charge in [0.05, 0.1) is 5.02 Å². The maximum Gasteiger partial charge on any atom is 0.136 e. The van der Waals surface area contributed by atoms with Crippen molar-refractivity contribution in [1.82, 2.24) is 4.98 Å². The smallest absolute Gasteiger partial charge is 0.136 e. The Morgan fingerprint density at radius 3 is 2.79 bits per heavy atom. The number of rotatable bonds is 5. The van der Waals surface area contributed by atoms with Crippen LogP contribution in [0.5, 0.6) is 0 Å². The van der Waals surface area contributed by atoms with Gasteiger partial charge in [-0.15, -0.1) is 6.58 Å². The van der Waals surface area contributed by atoms with Crippen molar-refractivity contribution in [2.75, 3.05) is 18.0 Å². The van der Waals surface area contributed by atoms with E-state index >= 15 is 0 Å². The van der Waals surface area contributed by atoms with Crippen LogP contribution in [-0.2, 0) is 4.79 Å². The Balaban J connectivity index is 1.86. The highest BCUT2D eigenvalue weighted by atomic mass is 35.5. The number of anilines is 1. The molecule has 2 rings (SSSR count). The van der Waals surface area contributed by atoms with E-state index in [4.69, 9.17) is 11.6 Å². The fourth-order valence-corrected chi connectivity index (χ4v) is 2.55. The molecular formula is C15H19ClN2O. The summed E-state index contributed by atoms with van der Waals surface area (Å²) in [5.41, 5.74) is 0. The average Bonchev–Trinajstić information content (AvgIpc) is 2.46. The highest BCUT2D eigenvalue weighted by molar-refractivity contribution is 6.30. The first-order valence-electron chi connectivity index (χ1n) is 6.71. The molecule has 1 aromatic rings. The van der Waals surface area contributed by atoms with Crippen molar-refractivity contribution in [2.45, 2.75) is 25.7 Å². The third kappa shape index (κ3) is 3.80. The number of pyridine rings is 1. The third-order valence-corrected chi connectivity index (χ3v) is 3.80. The second-order valence-electron chi connectivity index (χ2n) is 4.89. The van der Waals surface area contributed by atoms with Crippen molar-refractivity contribution in [3.8, 4) is 0 Å². The van der Waals surface area contributed by atoms with E-state index in [0.29, 0.717) is 17.2 Å². The van der Waals surface area contributed by atoms with Crippen molar-refractivity contribution in [3.05, 3.63) is 36.0 Å². The summed E-state index contributed by atoms with van der Waals surface area (Å²) in [6.45, 7) is 5.43. The molecule has 1 aliphatic rings. The molecule has 0 N–H and O–H groups in total. The topological polar surface area (TPSA) is 33.2 Å². The molecule has 0 radical (unpaired) electrons. The summed E-state index contributed by atoms with van der Waals surface area (Å²) in [4.78, 5) is 18.5. The number of allylic oxidation sites excluding steroid dienone is 1. The maximum absolute atomic E-state index is 11.9. The molecular weight excluding hydrogens is 260 g/mol. The molecule has 0 saturated carbocycles. The van der Waals surface area contributed by atoms with Gasteiger partial charge in [-0.3, -0.25) is 4.79 Å². The Morgan fingerprint density at radius 2 is 2.21 bits per heavy atom. The molecule has 0 amide bonds. The van der Waals surface area contributed by atoms with Crippen LogP contribution in [0.25, 0.3) is 0 Å². The van der Waals surface area contributed by atoms with E-state index in [2.05, 4.69) is 16.5 Å². The molecule has 0 bridgehead atoms. The van der Waals surface area contributed by atoms with Crippen LogP contribution < -0.4 is 4.90 Å². The fraction of sp³-hybridized carbons (Fsp3) is 0.467. The van der Waals surface area contributed by atoms with E-state index < -0.39 is 0 Å².